The van der Waals surface area contributed by atoms with Crippen LogP contribution in [0.1, 0.15) is 13.3 Å². The summed E-state index contributed by atoms with van der Waals surface area (Å²) < 4.78 is 8.63. The van der Waals surface area contributed by atoms with E-state index in [0.29, 0.717) is 17.2 Å². The van der Waals surface area contributed by atoms with E-state index in [1.165, 1.54) is 0 Å². The van der Waals surface area contributed by atoms with Crippen LogP contribution in [0, 0.1) is 3.57 Å². The van der Waals surface area contributed by atoms with E-state index in [9.17, 15) is 0 Å². The van der Waals surface area contributed by atoms with Crippen LogP contribution in [0.3, 0.4) is 0 Å². The summed E-state index contributed by atoms with van der Waals surface area (Å²) in [4.78, 5) is 0. The maximum Gasteiger partial charge on any atom is 0.165 e. The molecule has 1 aromatic heterocycles. The van der Waals surface area contributed by atoms with Crippen LogP contribution in [-0.4, -0.2) is 9.78 Å². The third kappa shape index (κ3) is 3.12. The number of nitrogens with two attached hydrogens (primary N) is 1. The molecule has 0 aliphatic heterocycles. The highest BCUT2D eigenvalue weighted by atomic mass is 127. The van der Waals surface area contributed by atoms with Gasteiger partial charge < -0.3 is 10.5 Å². The molecule has 2 N–H and O–H groups in total. The quantitative estimate of drug-likeness (QED) is 0.685. The highest BCUT2D eigenvalue weighted by Gasteiger charge is 2.04. The molecule has 1 aromatic carbocycles. The SMILES string of the molecule is CCCn1cc(Oc2ccc(I)cc2N)cn1. The van der Waals surface area contributed by atoms with Gasteiger partial charge in [-0.05, 0) is 47.2 Å². The Hall–Kier alpha value is -1.24. The monoisotopic (exact) mass is 343 g/mol. The Morgan fingerprint density at radius 1 is 1.47 bits per heavy atom. The lowest BCUT2D eigenvalue weighted by molar-refractivity contribution is 0.483. The van der Waals surface area contributed by atoms with E-state index in [1.807, 2.05) is 29.1 Å². The van der Waals surface area contributed by atoms with Crippen LogP contribution in [-0.2, 0) is 6.54 Å². The van der Waals surface area contributed by atoms with Gasteiger partial charge in [-0.3, -0.25) is 4.68 Å². The molecule has 0 spiro atoms. The van der Waals surface area contributed by atoms with Crippen molar-refractivity contribution < 1.29 is 4.74 Å². The third-order valence-electron chi connectivity index (χ3n) is 2.26. The lowest BCUT2D eigenvalue weighted by Gasteiger charge is -2.06. The van der Waals surface area contributed by atoms with E-state index in [1.54, 1.807) is 6.20 Å². The van der Waals surface area contributed by atoms with Gasteiger partial charge in [0, 0.05) is 10.1 Å². The predicted octanol–water partition coefficient (Wildman–Crippen LogP) is 3.27. The minimum absolute atomic E-state index is 0.639. The molecule has 4 nitrogen and oxygen atoms in total. The Labute approximate surface area is 114 Å². The van der Waals surface area contributed by atoms with E-state index in [4.69, 9.17) is 10.5 Å². The number of halogens is 1. The molecule has 0 unspecified atom stereocenters. The minimum Gasteiger partial charge on any atom is -0.452 e. The van der Waals surface area contributed by atoms with E-state index in [0.717, 1.165) is 16.5 Å². The van der Waals surface area contributed by atoms with Crippen molar-refractivity contribution >= 4 is 28.3 Å². The van der Waals surface area contributed by atoms with Crippen molar-refractivity contribution in [2.24, 2.45) is 0 Å². The maximum atomic E-state index is 5.88. The molecule has 0 aliphatic carbocycles. The normalized spacial score (nSPS) is 10.5. The summed E-state index contributed by atoms with van der Waals surface area (Å²) in [6.45, 7) is 3.00. The van der Waals surface area contributed by atoms with Crippen LogP contribution < -0.4 is 10.5 Å². The summed E-state index contributed by atoms with van der Waals surface area (Å²) >= 11 is 2.22. The summed E-state index contributed by atoms with van der Waals surface area (Å²) in [5.41, 5.74) is 6.52. The lowest BCUT2D eigenvalue weighted by Crippen LogP contribution is -1.95. The van der Waals surface area contributed by atoms with Crippen LogP contribution in [0.15, 0.2) is 30.6 Å². The van der Waals surface area contributed by atoms with Gasteiger partial charge in [-0.15, -0.1) is 0 Å². The van der Waals surface area contributed by atoms with Crippen LogP contribution >= 0.6 is 22.6 Å². The van der Waals surface area contributed by atoms with Crippen LogP contribution in [0.4, 0.5) is 5.69 Å². The maximum absolute atomic E-state index is 5.88. The number of aryl methyl sites for hydroxylation is 1. The first kappa shape index (κ1) is 12.2. The van der Waals surface area contributed by atoms with Crippen molar-refractivity contribution in [3.63, 3.8) is 0 Å². The first-order chi connectivity index (χ1) is 8.19. The van der Waals surface area contributed by atoms with Gasteiger partial charge in [0.05, 0.1) is 18.1 Å². The van der Waals surface area contributed by atoms with Gasteiger partial charge in [0.25, 0.3) is 0 Å². The zero-order valence-corrected chi connectivity index (χ0v) is 11.7. The number of ether oxygens (including phenoxy) is 1. The summed E-state index contributed by atoms with van der Waals surface area (Å²) in [6.07, 6.45) is 4.63. The minimum atomic E-state index is 0.639. The molecule has 0 fully saturated rings. The largest absolute Gasteiger partial charge is 0.452 e. The second-order valence-electron chi connectivity index (χ2n) is 3.72. The summed E-state index contributed by atoms with van der Waals surface area (Å²) in [5.74, 6) is 1.38. The Kier molecular flexibility index (Phi) is 3.88. The molecule has 0 amide bonds. The molecule has 1 heterocycles. The number of nitrogen functional groups attached to an aromatic ring is 1. The van der Waals surface area contributed by atoms with Gasteiger partial charge in [-0.1, -0.05) is 6.92 Å². The number of nitrogens with zero attached hydrogens (tertiary/aromatic N) is 2. The molecular weight excluding hydrogens is 329 g/mol. The zero-order valence-electron chi connectivity index (χ0n) is 9.56. The van der Waals surface area contributed by atoms with Crippen LogP contribution in [0.25, 0.3) is 0 Å². The summed E-state index contributed by atoms with van der Waals surface area (Å²) in [5, 5.41) is 4.20. The fraction of sp³-hybridized carbons (Fsp3) is 0.250. The van der Waals surface area contributed by atoms with Crippen molar-refractivity contribution in [3.8, 4) is 11.5 Å². The molecule has 0 saturated heterocycles. The van der Waals surface area contributed by atoms with Gasteiger partial charge in [0.2, 0.25) is 0 Å². The van der Waals surface area contributed by atoms with Crippen molar-refractivity contribution in [3.05, 3.63) is 34.2 Å². The molecule has 90 valence electrons. The summed E-state index contributed by atoms with van der Waals surface area (Å²) in [7, 11) is 0. The molecular formula is C12H14IN3O. The Morgan fingerprint density at radius 3 is 3.00 bits per heavy atom. The van der Waals surface area contributed by atoms with Crippen molar-refractivity contribution in [1.29, 1.82) is 0 Å². The highest BCUT2D eigenvalue weighted by molar-refractivity contribution is 14.1. The van der Waals surface area contributed by atoms with E-state index < -0.39 is 0 Å². The molecule has 0 aliphatic rings. The molecule has 0 atom stereocenters. The molecule has 17 heavy (non-hydrogen) atoms. The Balaban J connectivity index is 2.13. The number of benzene rings is 1. The van der Waals surface area contributed by atoms with Gasteiger partial charge in [0.1, 0.15) is 0 Å². The van der Waals surface area contributed by atoms with Gasteiger partial charge >= 0.3 is 0 Å². The second kappa shape index (κ2) is 5.39. The van der Waals surface area contributed by atoms with Crippen molar-refractivity contribution in [1.82, 2.24) is 9.78 Å². The molecule has 5 heteroatoms. The fourth-order valence-corrected chi connectivity index (χ4v) is 2.00. The van der Waals surface area contributed by atoms with Gasteiger partial charge in [0.15, 0.2) is 11.5 Å². The van der Waals surface area contributed by atoms with Gasteiger partial charge in [-0.2, -0.15) is 5.10 Å². The average molecular weight is 343 g/mol. The van der Waals surface area contributed by atoms with Crippen LogP contribution in [0.2, 0.25) is 0 Å². The van der Waals surface area contributed by atoms with E-state index in [2.05, 4.69) is 34.6 Å². The molecule has 2 rings (SSSR count). The number of aromatic nitrogens is 2. The van der Waals surface area contributed by atoms with E-state index >= 15 is 0 Å². The zero-order chi connectivity index (χ0) is 12.3. The van der Waals surface area contributed by atoms with Crippen LogP contribution in [0.5, 0.6) is 11.5 Å². The predicted molar refractivity (Wildman–Crippen MR) is 76.2 cm³/mol. The molecule has 0 bridgehead atoms. The highest BCUT2D eigenvalue weighted by Crippen LogP contribution is 2.28. The first-order valence-electron chi connectivity index (χ1n) is 5.44. The van der Waals surface area contributed by atoms with Gasteiger partial charge in [-0.25, -0.2) is 0 Å². The second-order valence-corrected chi connectivity index (χ2v) is 4.97. The Morgan fingerprint density at radius 2 is 2.29 bits per heavy atom. The molecule has 0 saturated carbocycles. The first-order valence-corrected chi connectivity index (χ1v) is 6.52. The smallest absolute Gasteiger partial charge is 0.165 e. The number of hydrogen-bond donors (Lipinski definition) is 1. The average Bonchev–Trinajstić information content (AvgIpc) is 2.71. The molecule has 0 radical (unpaired) electrons. The van der Waals surface area contributed by atoms with Crippen molar-refractivity contribution in [2.75, 3.05) is 5.73 Å². The van der Waals surface area contributed by atoms with E-state index in [-0.39, 0.29) is 0 Å². The number of anilines is 1. The van der Waals surface area contributed by atoms with Crippen molar-refractivity contribution in [2.45, 2.75) is 19.9 Å². The third-order valence-corrected chi connectivity index (χ3v) is 2.93. The topological polar surface area (TPSA) is 53.1 Å². The lowest BCUT2D eigenvalue weighted by atomic mass is 10.3. The number of hydrogen-bond acceptors (Lipinski definition) is 3. The summed E-state index contributed by atoms with van der Waals surface area (Å²) in [6, 6.07) is 5.71. The standard InChI is InChI=1S/C12H14IN3O/c1-2-5-16-8-10(7-15-16)17-12-4-3-9(13)6-11(12)14/h3-4,6-8H,2,5,14H2,1H3. The fourth-order valence-electron chi connectivity index (χ4n) is 1.49. The number of rotatable bonds is 4. The Bertz CT molecular complexity index is 510. The molecule has 2 aromatic rings.